The first-order valence-corrected chi connectivity index (χ1v) is 17.4. The average Bonchev–Trinajstić information content (AvgIpc) is 3.67. The Bertz CT molecular complexity index is 2410. The van der Waals surface area contributed by atoms with E-state index in [0.29, 0.717) is 0 Å². The highest BCUT2D eigenvalue weighted by Gasteiger charge is 2.51. The van der Waals surface area contributed by atoms with Crippen molar-refractivity contribution in [3.63, 3.8) is 0 Å². The fraction of sp³-hybridized carbons (Fsp3) is 0.0870. The van der Waals surface area contributed by atoms with E-state index in [0.717, 1.165) is 16.7 Å². The average molecular weight is 632 g/mol. The molecule has 1 spiro atoms. The van der Waals surface area contributed by atoms with E-state index in [1.54, 1.807) is 0 Å². The molecule has 7 aromatic rings. The third kappa shape index (κ3) is 3.55. The smallest absolute Gasteiger partial charge is 0.0726 e. The van der Waals surface area contributed by atoms with Gasteiger partial charge in [0.2, 0.25) is 0 Å². The van der Waals surface area contributed by atoms with Crippen LogP contribution in [0.15, 0.2) is 158 Å². The highest BCUT2D eigenvalue weighted by atomic mass is 31.0. The van der Waals surface area contributed by atoms with Crippen LogP contribution in [0.2, 0.25) is 0 Å². The van der Waals surface area contributed by atoms with Gasteiger partial charge in [-0.2, -0.15) is 0 Å². The topological polar surface area (TPSA) is 3.24 Å². The molecule has 0 fully saturated rings. The Labute approximate surface area is 284 Å². The molecule has 7 aromatic carbocycles. The maximum absolute atomic E-state index is 2.90. The summed E-state index contributed by atoms with van der Waals surface area (Å²) in [4.78, 5) is 2.45. The van der Waals surface area contributed by atoms with Crippen LogP contribution in [0.4, 0.5) is 17.1 Å². The van der Waals surface area contributed by atoms with Crippen molar-refractivity contribution in [1.29, 1.82) is 0 Å². The molecule has 0 heterocycles. The van der Waals surface area contributed by atoms with Crippen LogP contribution in [-0.4, -0.2) is 0 Å². The molecule has 0 N–H and O–H groups in total. The van der Waals surface area contributed by atoms with E-state index in [9.17, 15) is 0 Å². The SMILES string of the molecule is CC1(C)c2ccccc2-c2ccc(N(c3cccc(P)c3)c3ccc4c(c3)C3(c5ccccc5-c5ccccc53)c3ccccc3-4)cc21. The van der Waals surface area contributed by atoms with Crippen molar-refractivity contribution in [1.82, 2.24) is 0 Å². The van der Waals surface area contributed by atoms with E-state index in [2.05, 4.69) is 186 Å². The minimum absolute atomic E-state index is 0.0863. The Morgan fingerprint density at radius 3 is 1.33 bits per heavy atom. The zero-order valence-corrected chi connectivity index (χ0v) is 28.2. The standard InChI is InChI=1S/C46H34NP/c1-45(2)39-18-7-3-14-33(39)37-24-22-30(27-43(37)45)47(29-12-11-13-32(48)26-29)31-23-25-38-36-17-6-10-21-42(36)46(44(38)28-31)40-19-8-4-15-34(40)35-16-5-9-20-41(35)46/h3-28H,48H2,1-2H3. The van der Waals surface area contributed by atoms with E-state index in [1.807, 2.05) is 0 Å². The van der Waals surface area contributed by atoms with Gasteiger partial charge >= 0.3 is 0 Å². The van der Waals surface area contributed by atoms with Gasteiger partial charge in [-0.3, -0.25) is 0 Å². The maximum atomic E-state index is 2.90. The molecule has 2 heteroatoms. The lowest BCUT2D eigenvalue weighted by Crippen LogP contribution is -2.26. The fourth-order valence-electron chi connectivity index (χ4n) is 9.16. The van der Waals surface area contributed by atoms with Crippen LogP contribution in [0.1, 0.15) is 47.2 Å². The molecule has 1 atom stereocenters. The molecule has 3 aliphatic carbocycles. The van der Waals surface area contributed by atoms with Crippen molar-refractivity contribution in [3.8, 4) is 33.4 Å². The monoisotopic (exact) mass is 631 g/mol. The summed E-state index contributed by atoms with van der Waals surface area (Å²) in [6.07, 6.45) is 0. The molecule has 0 aromatic heterocycles. The number of fused-ring (bicyclic) bond motifs is 13. The highest BCUT2D eigenvalue weighted by Crippen LogP contribution is 2.63. The van der Waals surface area contributed by atoms with Crippen molar-refractivity contribution in [2.75, 3.05) is 4.90 Å². The van der Waals surface area contributed by atoms with Gasteiger partial charge in [-0.1, -0.05) is 135 Å². The second kappa shape index (κ2) is 9.89. The van der Waals surface area contributed by atoms with Gasteiger partial charge in [0.1, 0.15) is 0 Å². The van der Waals surface area contributed by atoms with Crippen LogP contribution in [0.3, 0.4) is 0 Å². The molecule has 0 saturated carbocycles. The van der Waals surface area contributed by atoms with Crippen LogP contribution in [-0.2, 0) is 10.8 Å². The van der Waals surface area contributed by atoms with E-state index in [1.165, 1.54) is 72.4 Å². The molecule has 3 aliphatic rings. The number of anilines is 3. The van der Waals surface area contributed by atoms with Crippen LogP contribution < -0.4 is 10.2 Å². The number of hydrogen-bond acceptors (Lipinski definition) is 1. The van der Waals surface area contributed by atoms with Gasteiger partial charge in [-0.15, -0.1) is 9.24 Å². The van der Waals surface area contributed by atoms with Crippen LogP contribution in [0, 0.1) is 0 Å². The molecular weight excluding hydrogens is 597 g/mol. The van der Waals surface area contributed by atoms with Gasteiger partial charge < -0.3 is 4.90 Å². The van der Waals surface area contributed by atoms with Crippen LogP contribution in [0.25, 0.3) is 33.4 Å². The molecule has 48 heavy (non-hydrogen) atoms. The van der Waals surface area contributed by atoms with Gasteiger partial charge in [0.15, 0.2) is 0 Å². The summed E-state index contributed by atoms with van der Waals surface area (Å²) in [5, 5.41) is 1.16. The quantitative estimate of drug-likeness (QED) is 0.175. The first-order valence-electron chi connectivity index (χ1n) is 16.8. The van der Waals surface area contributed by atoms with E-state index < -0.39 is 0 Å². The lowest BCUT2D eigenvalue weighted by Gasteiger charge is -2.32. The summed E-state index contributed by atoms with van der Waals surface area (Å²) >= 11 is 0. The van der Waals surface area contributed by atoms with E-state index in [4.69, 9.17) is 0 Å². The molecule has 10 rings (SSSR count). The minimum Gasteiger partial charge on any atom is -0.310 e. The zero-order chi connectivity index (χ0) is 32.2. The zero-order valence-electron chi connectivity index (χ0n) is 27.0. The Hall–Kier alpha value is -5.23. The second-order valence-electron chi connectivity index (χ2n) is 13.9. The lowest BCUT2D eigenvalue weighted by atomic mass is 9.70. The number of hydrogen-bond donors (Lipinski definition) is 0. The van der Waals surface area contributed by atoms with Gasteiger partial charge in [0, 0.05) is 22.5 Å². The molecule has 0 saturated heterocycles. The summed E-state index contributed by atoms with van der Waals surface area (Å²) in [5.41, 5.74) is 19.2. The van der Waals surface area contributed by atoms with Gasteiger partial charge in [-0.05, 0) is 108 Å². The summed E-state index contributed by atoms with van der Waals surface area (Å²) in [6.45, 7) is 4.72. The highest BCUT2D eigenvalue weighted by molar-refractivity contribution is 7.27. The van der Waals surface area contributed by atoms with Crippen LogP contribution in [0.5, 0.6) is 0 Å². The minimum atomic E-state index is -0.384. The van der Waals surface area contributed by atoms with E-state index >= 15 is 0 Å². The second-order valence-corrected chi connectivity index (χ2v) is 14.6. The maximum Gasteiger partial charge on any atom is 0.0726 e. The third-order valence-corrected chi connectivity index (χ3v) is 11.6. The largest absolute Gasteiger partial charge is 0.310 e. The Morgan fingerprint density at radius 1 is 0.375 bits per heavy atom. The van der Waals surface area contributed by atoms with Crippen molar-refractivity contribution in [2.24, 2.45) is 0 Å². The number of benzene rings is 7. The Morgan fingerprint density at radius 2 is 0.792 bits per heavy atom. The first kappa shape index (κ1) is 27.8. The fourth-order valence-corrected chi connectivity index (χ4v) is 9.45. The molecule has 1 unspecified atom stereocenters. The Kier molecular flexibility index (Phi) is 5.74. The predicted octanol–water partition coefficient (Wildman–Crippen LogP) is 11.3. The van der Waals surface area contributed by atoms with Gasteiger partial charge in [0.05, 0.1) is 5.41 Å². The lowest BCUT2D eigenvalue weighted by molar-refractivity contribution is 0.660. The van der Waals surface area contributed by atoms with Crippen molar-refractivity contribution < 1.29 is 0 Å². The molecule has 0 bridgehead atoms. The third-order valence-electron chi connectivity index (χ3n) is 11.2. The predicted molar refractivity (Wildman–Crippen MR) is 204 cm³/mol. The Balaban J connectivity index is 1.24. The number of rotatable bonds is 3. The summed E-state index contributed by atoms with van der Waals surface area (Å²) in [7, 11) is 2.90. The summed E-state index contributed by atoms with van der Waals surface area (Å²) < 4.78 is 0. The molecule has 0 aliphatic heterocycles. The van der Waals surface area contributed by atoms with Crippen molar-refractivity contribution in [2.45, 2.75) is 24.7 Å². The molecule has 0 radical (unpaired) electrons. The first-order chi connectivity index (χ1) is 23.5. The summed E-state index contributed by atoms with van der Waals surface area (Å²) in [5.74, 6) is 0. The normalized spacial score (nSPS) is 14.9. The summed E-state index contributed by atoms with van der Waals surface area (Å²) in [6, 6.07) is 59.1. The molecule has 0 amide bonds. The molecule has 228 valence electrons. The van der Waals surface area contributed by atoms with Crippen molar-refractivity contribution >= 4 is 31.6 Å². The van der Waals surface area contributed by atoms with Crippen molar-refractivity contribution in [3.05, 3.63) is 191 Å². The van der Waals surface area contributed by atoms with Gasteiger partial charge in [0.25, 0.3) is 0 Å². The number of nitrogens with zero attached hydrogens (tertiary/aromatic N) is 1. The van der Waals surface area contributed by atoms with Gasteiger partial charge in [-0.25, -0.2) is 0 Å². The molecular formula is C46H34NP. The van der Waals surface area contributed by atoms with E-state index in [-0.39, 0.29) is 10.8 Å². The van der Waals surface area contributed by atoms with Crippen LogP contribution >= 0.6 is 9.24 Å². The molecule has 1 nitrogen and oxygen atoms in total.